The summed E-state index contributed by atoms with van der Waals surface area (Å²) in [6.45, 7) is 15.3. The molecule has 7 heteroatoms. The molecule has 0 aromatic heterocycles. The zero-order valence-electron chi connectivity index (χ0n) is 21.0. The Hall–Kier alpha value is -2.57. The maximum absolute atomic E-state index is 13.5. The molecule has 2 unspecified atom stereocenters. The zero-order valence-corrected chi connectivity index (χ0v) is 21.0. The van der Waals surface area contributed by atoms with Crippen LogP contribution in [-0.2, 0) is 14.3 Å². The number of alkyl carbamates (subject to hydrolysis) is 1. The van der Waals surface area contributed by atoms with Crippen LogP contribution in [-0.4, -0.2) is 47.5 Å². The number of rotatable bonds is 10. The van der Waals surface area contributed by atoms with Crippen LogP contribution in [0, 0.1) is 13.8 Å². The van der Waals surface area contributed by atoms with Gasteiger partial charge in [-0.25, -0.2) is 4.79 Å². The second kappa shape index (κ2) is 12.5. The fourth-order valence-corrected chi connectivity index (χ4v) is 3.72. The number of benzene rings is 1. The molecule has 2 atom stereocenters. The maximum atomic E-state index is 13.5. The van der Waals surface area contributed by atoms with E-state index < -0.39 is 17.7 Å². The summed E-state index contributed by atoms with van der Waals surface area (Å²) >= 11 is 0. The average Bonchev–Trinajstić information content (AvgIpc) is 2.66. The second-order valence-electron chi connectivity index (χ2n) is 9.35. The van der Waals surface area contributed by atoms with Crippen molar-refractivity contribution in [3.8, 4) is 0 Å². The highest BCUT2D eigenvalue weighted by atomic mass is 16.6. The van der Waals surface area contributed by atoms with Gasteiger partial charge in [0.1, 0.15) is 18.2 Å². The van der Waals surface area contributed by atoms with Gasteiger partial charge >= 0.3 is 6.09 Å². The van der Waals surface area contributed by atoms with E-state index in [1.807, 2.05) is 45.9 Å². The monoisotopic (exact) mass is 447 g/mol. The summed E-state index contributed by atoms with van der Waals surface area (Å²) in [5, 5.41) is 5.61. The Morgan fingerprint density at radius 3 is 2.16 bits per heavy atom. The molecule has 32 heavy (non-hydrogen) atoms. The molecule has 1 aromatic carbocycles. The number of ether oxygens (including phenoxy) is 1. The molecule has 3 amide bonds. The van der Waals surface area contributed by atoms with E-state index in [-0.39, 0.29) is 24.4 Å². The molecule has 2 N–H and O–H groups in total. The van der Waals surface area contributed by atoms with Crippen molar-refractivity contribution in [2.45, 2.75) is 92.3 Å². The Balaban J connectivity index is 3.25. The molecule has 1 aromatic rings. The Labute approximate surface area is 193 Å². The molecule has 0 radical (unpaired) electrons. The molecule has 0 fully saturated rings. The number of hydrogen-bond acceptors (Lipinski definition) is 4. The molecular formula is C25H41N3O4. The SMILES string of the molecule is CCCC(C)NC(=O)C(c1c(C)cccc1C)N(CCC)C(=O)CNC(=O)OC(C)(C)C. The molecule has 0 saturated carbocycles. The number of nitrogens with one attached hydrogen (secondary N) is 2. The predicted octanol–water partition coefficient (Wildman–Crippen LogP) is 4.41. The Kier molecular flexibility index (Phi) is 10.7. The van der Waals surface area contributed by atoms with Crippen molar-refractivity contribution in [2.75, 3.05) is 13.1 Å². The lowest BCUT2D eigenvalue weighted by Gasteiger charge is -2.34. The van der Waals surface area contributed by atoms with Gasteiger partial charge in [0, 0.05) is 12.6 Å². The van der Waals surface area contributed by atoms with Gasteiger partial charge in [-0.1, -0.05) is 38.5 Å². The van der Waals surface area contributed by atoms with Crippen LogP contribution in [0.25, 0.3) is 0 Å². The first kappa shape index (κ1) is 27.5. The third-order valence-corrected chi connectivity index (χ3v) is 5.05. The van der Waals surface area contributed by atoms with Crippen LogP contribution in [0.4, 0.5) is 4.79 Å². The molecule has 0 aliphatic carbocycles. The quantitative estimate of drug-likeness (QED) is 0.556. The van der Waals surface area contributed by atoms with Crippen LogP contribution in [0.3, 0.4) is 0 Å². The molecule has 0 aliphatic heterocycles. The minimum absolute atomic E-state index is 0.00204. The highest BCUT2D eigenvalue weighted by Crippen LogP contribution is 2.28. The molecular weight excluding hydrogens is 406 g/mol. The van der Waals surface area contributed by atoms with Crippen molar-refractivity contribution >= 4 is 17.9 Å². The van der Waals surface area contributed by atoms with E-state index in [1.54, 1.807) is 25.7 Å². The molecule has 180 valence electrons. The van der Waals surface area contributed by atoms with E-state index >= 15 is 0 Å². The Bertz CT molecular complexity index is 766. The fraction of sp³-hybridized carbons (Fsp3) is 0.640. The van der Waals surface area contributed by atoms with Gasteiger partial charge in [0.25, 0.3) is 0 Å². The number of aryl methyl sites for hydroxylation is 2. The van der Waals surface area contributed by atoms with Crippen molar-refractivity contribution in [3.05, 3.63) is 34.9 Å². The number of carbonyl (C=O) groups excluding carboxylic acids is 3. The van der Waals surface area contributed by atoms with E-state index in [0.717, 1.165) is 29.5 Å². The van der Waals surface area contributed by atoms with Crippen molar-refractivity contribution in [1.82, 2.24) is 15.5 Å². The minimum Gasteiger partial charge on any atom is -0.444 e. The number of nitrogens with zero attached hydrogens (tertiary/aromatic N) is 1. The molecule has 0 heterocycles. The number of carbonyl (C=O) groups is 3. The first-order chi connectivity index (χ1) is 14.9. The highest BCUT2D eigenvalue weighted by Gasteiger charge is 2.33. The van der Waals surface area contributed by atoms with E-state index in [9.17, 15) is 14.4 Å². The lowest BCUT2D eigenvalue weighted by molar-refractivity contribution is -0.140. The molecule has 0 spiro atoms. The van der Waals surface area contributed by atoms with Crippen LogP contribution in [0.1, 0.15) is 83.5 Å². The largest absolute Gasteiger partial charge is 0.444 e. The first-order valence-electron chi connectivity index (χ1n) is 11.5. The van der Waals surface area contributed by atoms with Crippen LogP contribution < -0.4 is 10.6 Å². The molecule has 1 rings (SSSR count). The zero-order chi connectivity index (χ0) is 24.5. The number of amides is 3. The summed E-state index contributed by atoms with van der Waals surface area (Å²) in [4.78, 5) is 40.3. The van der Waals surface area contributed by atoms with Crippen molar-refractivity contribution < 1.29 is 19.1 Å². The minimum atomic E-state index is -0.775. The Morgan fingerprint density at radius 2 is 1.66 bits per heavy atom. The predicted molar refractivity (Wildman–Crippen MR) is 127 cm³/mol. The number of hydrogen-bond donors (Lipinski definition) is 2. The van der Waals surface area contributed by atoms with E-state index in [1.165, 1.54) is 0 Å². The van der Waals surface area contributed by atoms with E-state index in [4.69, 9.17) is 4.74 Å². The Morgan fingerprint density at radius 1 is 1.06 bits per heavy atom. The summed E-state index contributed by atoms with van der Waals surface area (Å²) in [5.74, 6) is -0.536. The lowest BCUT2D eigenvalue weighted by Crippen LogP contribution is -2.49. The molecule has 0 aliphatic rings. The smallest absolute Gasteiger partial charge is 0.408 e. The summed E-state index contributed by atoms with van der Waals surface area (Å²) in [5.41, 5.74) is 2.06. The maximum Gasteiger partial charge on any atom is 0.408 e. The normalized spacial score (nSPS) is 13.1. The first-order valence-corrected chi connectivity index (χ1v) is 11.5. The molecule has 0 bridgehead atoms. The van der Waals surface area contributed by atoms with Crippen molar-refractivity contribution in [2.24, 2.45) is 0 Å². The third-order valence-electron chi connectivity index (χ3n) is 5.05. The van der Waals surface area contributed by atoms with Gasteiger partial charge in [0.05, 0.1) is 0 Å². The van der Waals surface area contributed by atoms with E-state index in [0.29, 0.717) is 13.0 Å². The summed E-state index contributed by atoms with van der Waals surface area (Å²) in [7, 11) is 0. The van der Waals surface area contributed by atoms with Gasteiger partial charge in [-0.05, 0) is 71.1 Å². The summed E-state index contributed by atoms with van der Waals surface area (Å²) < 4.78 is 5.24. The third kappa shape index (κ3) is 8.52. The van der Waals surface area contributed by atoms with E-state index in [2.05, 4.69) is 17.6 Å². The average molecular weight is 448 g/mol. The van der Waals surface area contributed by atoms with Gasteiger partial charge in [0.2, 0.25) is 11.8 Å². The topological polar surface area (TPSA) is 87.7 Å². The van der Waals surface area contributed by atoms with Gasteiger partial charge in [0.15, 0.2) is 0 Å². The van der Waals surface area contributed by atoms with Crippen LogP contribution in [0.2, 0.25) is 0 Å². The van der Waals surface area contributed by atoms with Crippen LogP contribution >= 0.6 is 0 Å². The molecule has 7 nitrogen and oxygen atoms in total. The summed E-state index contributed by atoms with van der Waals surface area (Å²) in [6.07, 6.45) is 1.82. The van der Waals surface area contributed by atoms with Gasteiger partial charge < -0.3 is 20.3 Å². The van der Waals surface area contributed by atoms with Crippen LogP contribution in [0.15, 0.2) is 18.2 Å². The lowest BCUT2D eigenvalue weighted by atomic mass is 9.93. The molecule has 0 saturated heterocycles. The standard InChI is InChI=1S/C25H41N3O4/c1-9-12-19(5)27-23(30)22(21-17(3)13-11-14-18(21)4)28(15-10-2)20(29)16-26-24(31)32-25(6,7)8/h11,13-14,19,22H,9-10,12,15-16H2,1-8H3,(H,26,31)(H,27,30). The van der Waals surface area contributed by atoms with Crippen molar-refractivity contribution in [3.63, 3.8) is 0 Å². The van der Waals surface area contributed by atoms with Gasteiger partial charge in [-0.15, -0.1) is 0 Å². The van der Waals surface area contributed by atoms with Gasteiger partial charge in [-0.3, -0.25) is 9.59 Å². The van der Waals surface area contributed by atoms with Crippen LogP contribution in [0.5, 0.6) is 0 Å². The second-order valence-corrected chi connectivity index (χ2v) is 9.35. The van der Waals surface area contributed by atoms with Crippen molar-refractivity contribution in [1.29, 1.82) is 0 Å². The highest BCUT2D eigenvalue weighted by molar-refractivity contribution is 5.91. The summed E-state index contributed by atoms with van der Waals surface area (Å²) in [6, 6.07) is 5.07. The van der Waals surface area contributed by atoms with Gasteiger partial charge in [-0.2, -0.15) is 0 Å². The fourth-order valence-electron chi connectivity index (χ4n) is 3.72.